The van der Waals surface area contributed by atoms with Gasteiger partial charge < -0.3 is 15.4 Å². The zero-order chi connectivity index (χ0) is 14.4. The fourth-order valence-electron chi connectivity index (χ4n) is 2.70. The Bertz CT molecular complexity index is 422. The quantitative estimate of drug-likeness (QED) is 0.809. The van der Waals surface area contributed by atoms with Crippen molar-refractivity contribution in [2.24, 2.45) is 11.7 Å². The molecule has 20 heavy (non-hydrogen) atoms. The van der Waals surface area contributed by atoms with Crippen molar-refractivity contribution >= 4 is 5.91 Å². The summed E-state index contributed by atoms with van der Waals surface area (Å²) in [5, 5.41) is 0. The summed E-state index contributed by atoms with van der Waals surface area (Å²) < 4.78 is 5.62. The van der Waals surface area contributed by atoms with E-state index in [-0.39, 0.29) is 17.9 Å². The molecule has 0 aliphatic heterocycles. The number of para-hydroxylation sites is 1. The molecule has 110 valence electrons. The maximum Gasteiger partial charge on any atom is 0.226 e. The average molecular weight is 276 g/mol. The lowest BCUT2D eigenvalue weighted by Crippen LogP contribution is -2.40. The Morgan fingerprint density at radius 3 is 2.75 bits per heavy atom. The highest BCUT2D eigenvalue weighted by Gasteiger charge is 2.31. The van der Waals surface area contributed by atoms with Crippen LogP contribution >= 0.6 is 0 Å². The first-order chi connectivity index (χ1) is 9.68. The summed E-state index contributed by atoms with van der Waals surface area (Å²) in [7, 11) is 1.86. The first-order valence-electron chi connectivity index (χ1n) is 7.37. The Kier molecular flexibility index (Phi) is 5.41. The monoisotopic (exact) mass is 276 g/mol. The molecule has 1 aliphatic rings. The molecule has 1 aliphatic carbocycles. The number of benzene rings is 1. The van der Waals surface area contributed by atoms with Crippen LogP contribution in [0.2, 0.25) is 0 Å². The van der Waals surface area contributed by atoms with E-state index in [0.29, 0.717) is 6.61 Å². The number of carbonyl (C=O) groups excluding carboxylic acids is 1. The summed E-state index contributed by atoms with van der Waals surface area (Å²) in [6.07, 6.45) is 3.81. The van der Waals surface area contributed by atoms with E-state index in [1.807, 2.05) is 37.4 Å². The highest BCUT2D eigenvalue weighted by atomic mass is 16.5. The molecule has 1 fully saturated rings. The predicted molar refractivity (Wildman–Crippen MR) is 79.5 cm³/mol. The number of nitrogens with zero attached hydrogens (tertiary/aromatic N) is 1. The first-order valence-corrected chi connectivity index (χ1v) is 7.37. The molecule has 0 heterocycles. The Morgan fingerprint density at radius 1 is 1.35 bits per heavy atom. The van der Waals surface area contributed by atoms with Crippen molar-refractivity contribution < 1.29 is 9.53 Å². The van der Waals surface area contributed by atoms with Crippen molar-refractivity contribution in [3.63, 3.8) is 0 Å². The molecule has 1 saturated carbocycles. The Labute approximate surface area is 120 Å². The molecule has 0 spiro atoms. The smallest absolute Gasteiger partial charge is 0.226 e. The van der Waals surface area contributed by atoms with Crippen molar-refractivity contribution in [2.75, 3.05) is 20.2 Å². The van der Waals surface area contributed by atoms with Crippen LogP contribution in [0.15, 0.2) is 30.3 Å². The summed E-state index contributed by atoms with van der Waals surface area (Å²) in [4.78, 5) is 14.0. The van der Waals surface area contributed by atoms with Gasteiger partial charge in [-0.25, -0.2) is 0 Å². The minimum atomic E-state index is 0.0232. The third kappa shape index (κ3) is 3.97. The van der Waals surface area contributed by atoms with Crippen LogP contribution in [0.4, 0.5) is 0 Å². The summed E-state index contributed by atoms with van der Waals surface area (Å²) in [5.41, 5.74) is 5.98. The predicted octanol–water partition coefficient (Wildman–Crippen LogP) is 2.04. The van der Waals surface area contributed by atoms with Crippen LogP contribution in [0.3, 0.4) is 0 Å². The minimum absolute atomic E-state index is 0.0232. The fraction of sp³-hybridized carbons (Fsp3) is 0.562. The van der Waals surface area contributed by atoms with E-state index in [1.165, 1.54) is 0 Å². The molecule has 0 aromatic heterocycles. The maximum absolute atomic E-state index is 12.2. The SMILES string of the molecule is CN(CCCOc1ccccc1)C(=O)[C@H]1CCC[C@H]1N. The third-order valence-corrected chi connectivity index (χ3v) is 3.91. The summed E-state index contributed by atoms with van der Waals surface area (Å²) in [6.45, 7) is 1.34. The van der Waals surface area contributed by atoms with Gasteiger partial charge in [-0.15, -0.1) is 0 Å². The lowest BCUT2D eigenvalue weighted by atomic mass is 10.0. The van der Waals surface area contributed by atoms with Crippen molar-refractivity contribution in [3.05, 3.63) is 30.3 Å². The molecule has 0 saturated heterocycles. The topological polar surface area (TPSA) is 55.6 Å². The largest absolute Gasteiger partial charge is 0.494 e. The van der Waals surface area contributed by atoms with Gasteiger partial charge in [0.2, 0.25) is 5.91 Å². The normalized spacial score (nSPS) is 21.7. The maximum atomic E-state index is 12.2. The first kappa shape index (κ1) is 14.9. The average Bonchev–Trinajstić information content (AvgIpc) is 2.90. The molecule has 4 heteroatoms. The van der Waals surface area contributed by atoms with E-state index in [1.54, 1.807) is 4.90 Å². The third-order valence-electron chi connectivity index (χ3n) is 3.91. The summed E-state index contributed by atoms with van der Waals surface area (Å²) in [6, 6.07) is 9.78. The molecule has 0 radical (unpaired) electrons. The number of ether oxygens (including phenoxy) is 1. The van der Waals surface area contributed by atoms with Crippen LogP contribution in [-0.2, 0) is 4.79 Å². The summed E-state index contributed by atoms with van der Waals surface area (Å²) >= 11 is 0. The second kappa shape index (κ2) is 7.29. The molecule has 1 amide bonds. The van der Waals surface area contributed by atoms with Crippen LogP contribution in [0.1, 0.15) is 25.7 Å². The molecular weight excluding hydrogens is 252 g/mol. The van der Waals surface area contributed by atoms with Gasteiger partial charge >= 0.3 is 0 Å². The van der Waals surface area contributed by atoms with E-state index >= 15 is 0 Å². The summed E-state index contributed by atoms with van der Waals surface area (Å²) in [5.74, 6) is 1.09. The van der Waals surface area contributed by atoms with Crippen molar-refractivity contribution in [3.8, 4) is 5.75 Å². The number of nitrogens with two attached hydrogens (primary N) is 1. The Hall–Kier alpha value is -1.55. The number of carbonyl (C=O) groups is 1. The molecule has 2 rings (SSSR count). The van der Waals surface area contributed by atoms with Crippen LogP contribution < -0.4 is 10.5 Å². The van der Waals surface area contributed by atoms with E-state index in [2.05, 4.69) is 0 Å². The van der Waals surface area contributed by atoms with Gasteiger partial charge in [0.05, 0.1) is 12.5 Å². The van der Waals surface area contributed by atoms with Gasteiger partial charge in [-0.3, -0.25) is 4.79 Å². The van der Waals surface area contributed by atoms with Gasteiger partial charge in [-0.2, -0.15) is 0 Å². The minimum Gasteiger partial charge on any atom is -0.494 e. The van der Waals surface area contributed by atoms with E-state index < -0.39 is 0 Å². The van der Waals surface area contributed by atoms with Gasteiger partial charge in [0, 0.05) is 19.6 Å². The van der Waals surface area contributed by atoms with Gasteiger partial charge in [0.1, 0.15) is 5.75 Å². The molecular formula is C16H24N2O2. The molecule has 4 nitrogen and oxygen atoms in total. The van der Waals surface area contributed by atoms with E-state index in [4.69, 9.17) is 10.5 Å². The molecule has 1 aromatic rings. The van der Waals surface area contributed by atoms with Crippen LogP contribution in [0.5, 0.6) is 5.75 Å². The highest BCUT2D eigenvalue weighted by molar-refractivity contribution is 5.79. The fourth-order valence-corrected chi connectivity index (χ4v) is 2.70. The zero-order valence-electron chi connectivity index (χ0n) is 12.1. The standard InChI is InChI=1S/C16H24N2O2/c1-18(16(19)14-9-5-10-15(14)17)11-6-12-20-13-7-3-2-4-8-13/h2-4,7-8,14-15H,5-6,9-12,17H2,1H3/t14-,15+/m0/s1. The number of hydrogen-bond acceptors (Lipinski definition) is 3. The highest BCUT2D eigenvalue weighted by Crippen LogP contribution is 2.25. The van der Waals surface area contributed by atoms with Gasteiger partial charge in [0.25, 0.3) is 0 Å². The van der Waals surface area contributed by atoms with Crippen molar-refractivity contribution in [2.45, 2.75) is 31.7 Å². The molecule has 2 N–H and O–H groups in total. The lowest BCUT2D eigenvalue weighted by molar-refractivity contribution is -0.134. The number of hydrogen-bond donors (Lipinski definition) is 1. The van der Waals surface area contributed by atoms with E-state index in [9.17, 15) is 4.79 Å². The molecule has 0 bridgehead atoms. The van der Waals surface area contributed by atoms with Crippen LogP contribution in [-0.4, -0.2) is 37.0 Å². The van der Waals surface area contributed by atoms with Gasteiger partial charge in [-0.1, -0.05) is 24.6 Å². The Balaban J connectivity index is 1.67. The number of amides is 1. The molecule has 2 atom stereocenters. The molecule has 1 aromatic carbocycles. The second-order valence-corrected chi connectivity index (χ2v) is 5.48. The molecule has 0 unspecified atom stereocenters. The number of rotatable bonds is 6. The van der Waals surface area contributed by atoms with Crippen molar-refractivity contribution in [1.29, 1.82) is 0 Å². The zero-order valence-corrected chi connectivity index (χ0v) is 12.1. The van der Waals surface area contributed by atoms with Crippen LogP contribution in [0.25, 0.3) is 0 Å². The second-order valence-electron chi connectivity index (χ2n) is 5.48. The van der Waals surface area contributed by atoms with Crippen molar-refractivity contribution in [1.82, 2.24) is 4.90 Å². The Morgan fingerprint density at radius 2 is 2.10 bits per heavy atom. The van der Waals surface area contributed by atoms with Gasteiger partial charge in [-0.05, 0) is 31.4 Å². The lowest BCUT2D eigenvalue weighted by Gasteiger charge is -2.23. The van der Waals surface area contributed by atoms with E-state index in [0.717, 1.165) is 38.0 Å². The van der Waals surface area contributed by atoms with Crippen LogP contribution in [0, 0.1) is 5.92 Å². The van der Waals surface area contributed by atoms with Gasteiger partial charge in [0.15, 0.2) is 0 Å².